The summed E-state index contributed by atoms with van der Waals surface area (Å²) in [5.41, 5.74) is 1.45. The highest BCUT2D eigenvalue weighted by Gasteiger charge is 2.24. The maximum Gasteiger partial charge on any atom is 0.265 e. The van der Waals surface area contributed by atoms with Crippen molar-refractivity contribution in [2.45, 2.75) is 32.6 Å². The van der Waals surface area contributed by atoms with E-state index in [9.17, 15) is 8.42 Å². The predicted molar refractivity (Wildman–Crippen MR) is 114 cm³/mol. The monoisotopic (exact) mass is 436 g/mol. The fraction of sp³-hybridized carbons (Fsp3) is 0.500. The highest BCUT2D eigenvalue weighted by Crippen LogP contribution is 2.31. The van der Waals surface area contributed by atoms with Gasteiger partial charge in [-0.25, -0.2) is 18.4 Å². The fourth-order valence-corrected chi connectivity index (χ4v) is 4.51. The number of hydrogen-bond donors (Lipinski definition) is 1. The highest BCUT2D eigenvalue weighted by atomic mass is 32.2. The van der Waals surface area contributed by atoms with E-state index < -0.39 is 10.0 Å². The largest absolute Gasteiger partial charge is 0.494 e. The molecule has 0 unspecified atom stereocenters. The van der Waals surface area contributed by atoms with Gasteiger partial charge in [0, 0.05) is 19.2 Å². The van der Waals surface area contributed by atoms with Crippen LogP contribution in [-0.2, 0) is 14.8 Å². The van der Waals surface area contributed by atoms with Crippen molar-refractivity contribution in [3.63, 3.8) is 0 Å². The van der Waals surface area contributed by atoms with E-state index in [1.165, 1.54) is 6.07 Å². The van der Waals surface area contributed by atoms with Crippen LogP contribution < -0.4 is 19.1 Å². The highest BCUT2D eigenvalue weighted by molar-refractivity contribution is 7.92. The van der Waals surface area contributed by atoms with E-state index in [2.05, 4.69) is 14.7 Å². The molecule has 1 aromatic heterocycles. The summed E-state index contributed by atoms with van der Waals surface area (Å²) in [6.07, 6.45) is 0. The molecule has 9 nitrogen and oxygen atoms in total. The first-order chi connectivity index (χ1) is 14.4. The average molecular weight is 437 g/mol. The number of anilines is 2. The maximum absolute atomic E-state index is 13.2. The number of ether oxygens (including phenoxy) is 3. The van der Waals surface area contributed by atoms with Crippen LogP contribution in [0, 0.1) is 13.8 Å². The molecule has 1 aliphatic rings. The van der Waals surface area contributed by atoms with Crippen LogP contribution in [-0.4, -0.2) is 57.9 Å². The number of morpholine rings is 1. The van der Waals surface area contributed by atoms with Crippen LogP contribution in [0.2, 0.25) is 0 Å². The van der Waals surface area contributed by atoms with Crippen molar-refractivity contribution < 1.29 is 22.6 Å². The van der Waals surface area contributed by atoms with Crippen molar-refractivity contribution in [1.29, 1.82) is 0 Å². The van der Waals surface area contributed by atoms with Gasteiger partial charge in [0.1, 0.15) is 16.4 Å². The van der Waals surface area contributed by atoms with Gasteiger partial charge >= 0.3 is 0 Å². The second-order valence-corrected chi connectivity index (χ2v) is 8.40. The standard InChI is InChI=1S/C20H28N4O5S/c1-5-28-16-7-8-17(29-6-2)18(13-16)30(25,26)23-19-14(3)21-20(22-15(19)4)24-9-11-27-12-10-24/h7-8,13,23H,5-6,9-12H2,1-4H3. The van der Waals surface area contributed by atoms with Gasteiger partial charge in [0.25, 0.3) is 10.0 Å². The van der Waals surface area contributed by atoms with Crippen molar-refractivity contribution in [3.05, 3.63) is 29.6 Å². The lowest BCUT2D eigenvalue weighted by Gasteiger charge is -2.27. The molecule has 0 radical (unpaired) electrons. The molecule has 10 heteroatoms. The molecule has 1 aromatic carbocycles. The summed E-state index contributed by atoms with van der Waals surface area (Å²) < 4.78 is 45.4. The Hall–Kier alpha value is -2.59. The fourth-order valence-electron chi connectivity index (χ4n) is 3.17. The number of aromatic nitrogens is 2. The number of hydrogen-bond acceptors (Lipinski definition) is 8. The van der Waals surface area contributed by atoms with Gasteiger partial charge in [-0.15, -0.1) is 0 Å². The maximum atomic E-state index is 13.2. The summed E-state index contributed by atoms with van der Waals surface area (Å²) in [5.74, 6) is 1.29. The molecule has 0 atom stereocenters. The summed E-state index contributed by atoms with van der Waals surface area (Å²) in [4.78, 5) is 11.1. The summed E-state index contributed by atoms with van der Waals surface area (Å²) in [6.45, 7) is 10.6. The summed E-state index contributed by atoms with van der Waals surface area (Å²) >= 11 is 0. The Balaban J connectivity index is 1.94. The van der Waals surface area contributed by atoms with Gasteiger partial charge in [-0.1, -0.05) is 0 Å². The first kappa shape index (κ1) is 22.1. The molecule has 1 saturated heterocycles. The zero-order valence-electron chi connectivity index (χ0n) is 17.8. The minimum atomic E-state index is -3.96. The molecule has 0 saturated carbocycles. The molecule has 2 heterocycles. The normalized spacial score (nSPS) is 14.5. The van der Waals surface area contributed by atoms with Crippen LogP contribution in [0.4, 0.5) is 11.6 Å². The van der Waals surface area contributed by atoms with Crippen molar-refractivity contribution in [2.24, 2.45) is 0 Å². The van der Waals surface area contributed by atoms with Crippen LogP contribution in [0.15, 0.2) is 23.1 Å². The Morgan fingerprint density at radius 3 is 2.30 bits per heavy atom. The van der Waals surface area contributed by atoms with Crippen LogP contribution >= 0.6 is 0 Å². The molecule has 1 fully saturated rings. The molecular weight excluding hydrogens is 408 g/mol. The van der Waals surface area contributed by atoms with Crippen molar-refractivity contribution >= 4 is 21.7 Å². The Morgan fingerprint density at radius 1 is 1.07 bits per heavy atom. The van der Waals surface area contributed by atoms with E-state index in [1.54, 1.807) is 32.9 Å². The third-order valence-corrected chi connectivity index (χ3v) is 5.98. The molecular formula is C20H28N4O5S. The molecule has 0 amide bonds. The van der Waals surface area contributed by atoms with E-state index in [4.69, 9.17) is 14.2 Å². The molecule has 1 aliphatic heterocycles. The lowest BCUT2D eigenvalue weighted by Crippen LogP contribution is -2.37. The average Bonchev–Trinajstić information content (AvgIpc) is 2.72. The van der Waals surface area contributed by atoms with E-state index in [-0.39, 0.29) is 10.6 Å². The van der Waals surface area contributed by atoms with E-state index >= 15 is 0 Å². The Morgan fingerprint density at radius 2 is 1.70 bits per heavy atom. The number of benzene rings is 1. The van der Waals surface area contributed by atoms with E-state index in [0.29, 0.717) is 68.3 Å². The second-order valence-electron chi connectivity index (χ2n) is 6.75. The number of nitrogens with zero attached hydrogens (tertiary/aromatic N) is 3. The topological polar surface area (TPSA) is 103 Å². The first-order valence-corrected chi connectivity index (χ1v) is 11.4. The van der Waals surface area contributed by atoms with Crippen molar-refractivity contribution in [3.8, 4) is 11.5 Å². The summed E-state index contributed by atoms with van der Waals surface area (Å²) in [5, 5.41) is 0. The molecule has 3 rings (SSSR count). The number of rotatable bonds is 8. The zero-order chi connectivity index (χ0) is 21.7. The van der Waals surface area contributed by atoms with Gasteiger partial charge in [0.2, 0.25) is 5.95 Å². The zero-order valence-corrected chi connectivity index (χ0v) is 18.6. The van der Waals surface area contributed by atoms with Gasteiger partial charge in [-0.05, 0) is 39.8 Å². The second kappa shape index (κ2) is 9.48. The van der Waals surface area contributed by atoms with E-state index in [0.717, 1.165) is 0 Å². The lowest BCUT2D eigenvalue weighted by atomic mass is 10.3. The molecule has 0 spiro atoms. The molecule has 1 N–H and O–H groups in total. The summed E-state index contributed by atoms with van der Waals surface area (Å²) in [7, 11) is -3.96. The smallest absolute Gasteiger partial charge is 0.265 e. The number of sulfonamides is 1. The van der Waals surface area contributed by atoms with Crippen LogP contribution in [0.1, 0.15) is 25.2 Å². The van der Waals surface area contributed by atoms with Gasteiger partial charge < -0.3 is 19.1 Å². The Kier molecular flexibility index (Phi) is 6.99. The Bertz CT molecular complexity index is 968. The van der Waals surface area contributed by atoms with Gasteiger partial charge in [-0.2, -0.15) is 0 Å². The van der Waals surface area contributed by atoms with Crippen LogP contribution in [0.3, 0.4) is 0 Å². The quantitative estimate of drug-likeness (QED) is 0.673. The molecule has 0 aliphatic carbocycles. The minimum absolute atomic E-state index is 0.00589. The number of aryl methyl sites for hydroxylation is 2. The third-order valence-electron chi connectivity index (χ3n) is 4.60. The van der Waals surface area contributed by atoms with Crippen LogP contribution in [0.25, 0.3) is 0 Å². The van der Waals surface area contributed by atoms with Gasteiger partial charge in [-0.3, -0.25) is 4.72 Å². The molecule has 164 valence electrons. The van der Waals surface area contributed by atoms with E-state index in [1.807, 2.05) is 11.8 Å². The molecule has 0 bridgehead atoms. The van der Waals surface area contributed by atoms with Crippen molar-refractivity contribution in [1.82, 2.24) is 9.97 Å². The summed E-state index contributed by atoms with van der Waals surface area (Å²) in [6, 6.07) is 4.75. The predicted octanol–water partition coefficient (Wildman–Crippen LogP) is 2.53. The third kappa shape index (κ3) is 4.93. The lowest BCUT2D eigenvalue weighted by molar-refractivity contribution is 0.122. The van der Waals surface area contributed by atoms with Crippen LogP contribution in [0.5, 0.6) is 11.5 Å². The first-order valence-electron chi connectivity index (χ1n) is 9.96. The van der Waals surface area contributed by atoms with Crippen molar-refractivity contribution in [2.75, 3.05) is 49.1 Å². The molecule has 30 heavy (non-hydrogen) atoms. The van der Waals surface area contributed by atoms with Gasteiger partial charge in [0.15, 0.2) is 0 Å². The number of nitrogens with one attached hydrogen (secondary N) is 1. The molecule has 2 aromatic rings. The SMILES string of the molecule is CCOc1ccc(OCC)c(S(=O)(=O)Nc2c(C)nc(N3CCOCC3)nc2C)c1. The minimum Gasteiger partial charge on any atom is -0.494 e. The van der Waals surface area contributed by atoms with Gasteiger partial charge in [0.05, 0.1) is 43.5 Å². The Labute approximate surface area is 177 Å².